The van der Waals surface area contributed by atoms with Crippen molar-refractivity contribution < 1.29 is 18.0 Å². The van der Waals surface area contributed by atoms with Crippen molar-refractivity contribution in [1.82, 2.24) is 19.7 Å². The Morgan fingerprint density at radius 3 is 2.60 bits per heavy atom. The number of carbonyl (C=O) groups is 1. The fourth-order valence-corrected chi connectivity index (χ4v) is 2.93. The molecule has 11 heteroatoms. The summed E-state index contributed by atoms with van der Waals surface area (Å²) in [6.45, 7) is 0.111. The zero-order valence-electron chi connectivity index (χ0n) is 15.7. The number of carbonyl (C=O) groups excluding carboxylic acids is 1. The molecule has 2 N–H and O–H groups in total. The Kier molecular flexibility index (Phi) is 6.16. The molecular formula is C19H17ClF3N5O2. The Morgan fingerprint density at radius 2 is 1.90 bits per heavy atom. The predicted molar refractivity (Wildman–Crippen MR) is 106 cm³/mol. The first kappa shape index (κ1) is 21.4. The average molecular weight is 440 g/mol. The van der Waals surface area contributed by atoms with Crippen LogP contribution in [0.25, 0.3) is 11.4 Å². The summed E-state index contributed by atoms with van der Waals surface area (Å²) in [4.78, 5) is 24.3. The van der Waals surface area contributed by atoms with Crippen molar-refractivity contribution in [2.24, 2.45) is 7.05 Å². The maximum absolute atomic E-state index is 12.9. The highest BCUT2D eigenvalue weighted by molar-refractivity contribution is 6.30. The summed E-state index contributed by atoms with van der Waals surface area (Å²) >= 11 is 5.85. The van der Waals surface area contributed by atoms with Crippen molar-refractivity contribution in [3.05, 3.63) is 69.6 Å². The lowest BCUT2D eigenvalue weighted by Crippen LogP contribution is -2.34. The van der Waals surface area contributed by atoms with Crippen molar-refractivity contribution in [3.8, 4) is 11.4 Å². The summed E-state index contributed by atoms with van der Waals surface area (Å²) in [5.74, 6) is 0.0921. The van der Waals surface area contributed by atoms with E-state index in [-0.39, 0.29) is 24.5 Å². The largest absolute Gasteiger partial charge is 0.416 e. The molecule has 0 saturated carbocycles. The smallest absolute Gasteiger partial charge is 0.336 e. The number of hydrogen-bond acceptors (Lipinski definition) is 3. The number of aromatic nitrogens is 3. The van der Waals surface area contributed by atoms with Gasteiger partial charge in [0, 0.05) is 29.9 Å². The van der Waals surface area contributed by atoms with E-state index in [1.807, 2.05) is 0 Å². The third-order valence-electron chi connectivity index (χ3n) is 4.18. The van der Waals surface area contributed by atoms with E-state index in [1.54, 1.807) is 24.3 Å². The van der Waals surface area contributed by atoms with Gasteiger partial charge in [-0.25, -0.2) is 14.3 Å². The van der Waals surface area contributed by atoms with Crippen LogP contribution in [-0.4, -0.2) is 26.9 Å². The molecule has 0 aliphatic rings. The van der Waals surface area contributed by atoms with Crippen LogP contribution < -0.4 is 16.3 Å². The number of hydrogen-bond donors (Lipinski definition) is 2. The van der Waals surface area contributed by atoms with Gasteiger partial charge in [0.1, 0.15) is 0 Å². The second kappa shape index (κ2) is 8.62. The summed E-state index contributed by atoms with van der Waals surface area (Å²) in [7, 11) is 1.42. The number of benzene rings is 2. The minimum absolute atomic E-state index is 0.0363. The van der Waals surface area contributed by atoms with E-state index in [2.05, 4.69) is 15.7 Å². The zero-order valence-corrected chi connectivity index (χ0v) is 16.5. The van der Waals surface area contributed by atoms with E-state index >= 15 is 0 Å². The molecule has 0 fully saturated rings. The van der Waals surface area contributed by atoms with Crippen LogP contribution in [0, 0.1) is 0 Å². The van der Waals surface area contributed by atoms with Gasteiger partial charge >= 0.3 is 17.9 Å². The Morgan fingerprint density at radius 1 is 1.17 bits per heavy atom. The average Bonchev–Trinajstić information content (AvgIpc) is 2.96. The minimum Gasteiger partial charge on any atom is -0.336 e. The van der Waals surface area contributed by atoms with E-state index in [9.17, 15) is 22.8 Å². The Hall–Kier alpha value is -3.27. The third-order valence-corrected chi connectivity index (χ3v) is 4.42. The normalized spacial score (nSPS) is 11.4. The van der Waals surface area contributed by atoms with Crippen LogP contribution >= 0.6 is 11.6 Å². The maximum atomic E-state index is 12.9. The van der Waals surface area contributed by atoms with Crippen LogP contribution in [-0.2, 0) is 19.8 Å². The molecule has 3 rings (SSSR count). The van der Waals surface area contributed by atoms with Crippen molar-refractivity contribution in [3.63, 3.8) is 0 Å². The first-order chi connectivity index (χ1) is 14.1. The summed E-state index contributed by atoms with van der Waals surface area (Å²) < 4.78 is 41.1. The number of rotatable bonds is 5. The van der Waals surface area contributed by atoms with Gasteiger partial charge in [-0.3, -0.25) is 4.57 Å². The Bertz CT molecular complexity index is 1120. The number of nitrogens with one attached hydrogen (secondary N) is 2. The van der Waals surface area contributed by atoms with Crippen LogP contribution in [0.3, 0.4) is 0 Å². The minimum atomic E-state index is -4.50. The summed E-state index contributed by atoms with van der Waals surface area (Å²) in [6.07, 6.45) is -4.50. The molecule has 0 aliphatic carbocycles. The first-order valence-corrected chi connectivity index (χ1v) is 9.15. The number of amides is 2. The first-order valence-electron chi connectivity index (χ1n) is 8.77. The highest BCUT2D eigenvalue weighted by Gasteiger charge is 2.30. The van der Waals surface area contributed by atoms with E-state index in [4.69, 9.17) is 11.6 Å². The molecule has 2 amide bonds. The predicted octanol–water partition coefficient (Wildman–Crippen LogP) is 3.74. The van der Waals surface area contributed by atoms with Crippen molar-refractivity contribution in [2.75, 3.05) is 11.9 Å². The quantitative estimate of drug-likeness (QED) is 0.635. The standard InChI is InChI=1S/C19H17ClF3N5O2/c1-27-16(12-4-2-5-13(10-12)19(21,22)23)26-28(18(27)30)9-8-24-17(29)25-15-7-3-6-14(20)11-15/h2-7,10-11H,8-9H2,1H3,(H2,24,25,29). The molecule has 3 aromatic rings. The van der Waals surface area contributed by atoms with Gasteiger partial charge in [-0.1, -0.05) is 29.8 Å². The maximum Gasteiger partial charge on any atom is 0.416 e. The molecule has 0 unspecified atom stereocenters. The fourth-order valence-electron chi connectivity index (χ4n) is 2.74. The molecular weight excluding hydrogens is 423 g/mol. The van der Waals surface area contributed by atoms with E-state index in [1.165, 1.54) is 19.2 Å². The number of nitrogens with zero attached hydrogens (tertiary/aromatic N) is 3. The second-order valence-corrected chi connectivity index (χ2v) is 6.79. The van der Waals surface area contributed by atoms with Crippen LogP contribution in [0.5, 0.6) is 0 Å². The van der Waals surface area contributed by atoms with Gasteiger partial charge in [0.05, 0.1) is 12.1 Å². The molecule has 0 atom stereocenters. The molecule has 0 saturated heterocycles. The lowest BCUT2D eigenvalue weighted by molar-refractivity contribution is -0.137. The van der Waals surface area contributed by atoms with Crippen molar-refractivity contribution in [2.45, 2.75) is 12.7 Å². The highest BCUT2D eigenvalue weighted by Crippen LogP contribution is 2.31. The number of anilines is 1. The van der Waals surface area contributed by atoms with Crippen LogP contribution in [0.1, 0.15) is 5.56 Å². The zero-order chi connectivity index (χ0) is 21.9. The van der Waals surface area contributed by atoms with E-state index in [0.717, 1.165) is 21.4 Å². The third kappa shape index (κ3) is 5.01. The SMILES string of the molecule is Cn1c(-c2cccc(C(F)(F)F)c2)nn(CCNC(=O)Nc2cccc(Cl)c2)c1=O. The Labute approximate surface area is 174 Å². The van der Waals surface area contributed by atoms with Gasteiger partial charge in [0.15, 0.2) is 5.82 Å². The van der Waals surface area contributed by atoms with E-state index < -0.39 is 23.5 Å². The fraction of sp³-hybridized carbons (Fsp3) is 0.211. The van der Waals surface area contributed by atoms with Crippen LogP contribution in [0.15, 0.2) is 53.3 Å². The van der Waals surface area contributed by atoms with Gasteiger partial charge in [0.25, 0.3) is 0 Å². The monoisotopic (exact) mass is 439 g/mol. The Balaban J connectivity index is 1.67. The van der Waals surface area contributed by atoms with Gasteiger partial charge in [-0.15, -0.1) is 5.10 Å². The van der Waals surface area contributed by atoms with Gasteiger partial charge in [0.2, 0.25) is 0 Å². The molecule has 0 aliphatic heterocycles. The van der Waals surface area contributed by atoms with E-state index in [0.29, 0.717) is 10.7 Å². The van der Waals surface area contributed by atoms with Gasteiger partial charge in [-0.2, -0.15) is 13.2 Å². The molecule has 0 spiro atoms. The van der Waals surface area contributed by atoms with Gasteiger partial charge in [-0.05, 0) is 30.3 Å². The van der Waals surface area contributed by atoms with Crippen molar-refractivity contribution >= 4 is 23.3 Å². The van der Waals surface area contributed by atoms with Crippen LogP contribution in [0.4, 0.5) is 23.7 Å². The molecule has 158 valence electrons. The summed E-state index contributed by atoms with van der Waals surface area (Å²) in [6, 6.07) is 10.7. The number of urea groups is 1. The molecule has 0 bridgehead atoms. The lowest BCUT2D eigenvalue weighted by atomic mass is 10.1. The number of halogens is 4. The summed E-state index contributed by atoms with van der Waals surface area (Å²) in [5.41, 5.74) is -0.683. The molecule has 2 aromatic carbocycles. The molecule has 1 heterocycles. The molecule has 7 nitrogen and oxygen atoms in total. The van der Waals surface area contributed by atoms with Crippen molar-refractivity contribution in [1.29, 1.82) is 0 Å². The number of alkyl halides is 3. The van der Waals surface area contributed by atoms with Gasteiger partial charge < -0.3 is 10.6 Å². The highest BCUT2D eigenvalue weighted by atomic mass is 35.5. The molecule has 30 heavy (non-hydrogen) atoms. The molecule has 1 aromatic heterocycles. The lowest BCUT2D eigenvalue weighted by Gasteiger charge is -2.08. The summed E-state index contributed by atoms with van der Waals surface area (Å²) in [5, 5.41) is 9.74. The topological polar surface area (TPSA) is 81.0 Å². The van der Waals surface area contributed by atoms with Crippen LogP contribution in [0.2, 0.25) is 5.02 Å². The molecule has 0 radical (unpaired) electrons. The second-order valence-electron chi connectivity index (χ2n) is 6.36.